The molecule has 5 aliphatic rings. The zero-order valence-electron chi connectivity index (χ0n) is 19.2. The molecule has 0 amide bonds. The Bertz CT molecular complexity index is 706. The maximum Gasteiger partial charge on any atom is 0.0962 e. The summed E-state index contributed by atoms with van der Waals surface area (Å²) in [4.78, 5) is 0. The first-order valence-corrected chi connectivity index (χ1v) is 12.2. The molecule has 0 aromatic heterocycles. The van der Waals surface area contributed by atoms with Crippen molar-refractivity contribution in [3.63, 3.8) is 0 Å². The number of allylic oxidation sites excluding steroid dienone is 6. The van der Waals surface area contributed by atoms with Gasteiger partial charge in [-0.25, -0.2) is 0 Å². The molecule has 2 fully saturated rings. The summed E-state index contributed by atoms with van der Waals surface area (Å²) in [5.74, 6) is 4.85. The molecule has 0 spiro atoms. The first-order chi connectivity index (χ1) is 13.5. The summed E-state index contributed by atoms with van der Waals surface area (Å²) in [5.41, 5.74) is 6.15. The zero-order valence-corrected chi connectivity index (χ0v) is 19.2. The Labute approximate surface area is 173 Å². The van der Waals surface area contributed by atoms with Gasteiger partial charge >= 0.3 is 0 Å². The highest BCUT2D eigenvalue weighted by Crippen LogP contribution is 2.67. The lowest BCUT2D eigenvalue weighted by Crippen LogP contribution is -2.49. The third kappa shape index (κ3) is 2.94. The summed E-state index contributed by atoms with van der Waals surface area (Å²) in [5, 5.41) is 0. The summed E-state index contributed by atoms with van der Waals surface area (Å²) >= 11 is 0. The normalized spacial score (nSPS) is 41.7. The van der Waals surface area contributed by atoms with E-state index >= 15 is 0 Å². The van der Waals surface area contributed by atoms with Crippen molar-refractivity contribution >= 4 is 0 Å². The van der Waals surface area contributed by atoms with Gasteiger partial charge in [-0.3, -0.25) is 0 Å². The van der Waals surface area contributed by atoms with E-state index in [2.05, 4.69) is 39.8 Å². The fourth-order valence-corrected chi connectivity index (χ4v) is 7.39. The summed E-state index contributed by atoms with van der Waals surface area (Å²) in [6.45, 7) is 14.6. The largest absolute Gasteiger partial charge is 0.498 e. The van der Waals surface area contributed by atoms with E-state index in [0.29, 0.717) is 10.8 Å². The quantitative estimate of drug-likeness (QED) is 0.452. The van der Waals surface area contributed by atoms with Crippen LogP contribution in [0.2, 0.25) is 0 Å². The second-order valence-electron chi connectivity index (χ2n) is 10.3. The Hall–Kier alpha value is -0.980. The fourth-order valence-electron chi connectivity index (χ4n) is 7.39. The third-order valence-corrected chi connectivity index (χ3v) is 9.24. The van der Waals surface area contributed by atoms with Crippen molar-refractivity contribution < 1.29 is 4.74 Å². The molecule has 2 saturated carbocycles. The Kier molecular flexibility index (Phi) is 5.34. The van der Waals surface area contributed by atoms with Crippen LogP contribution in [0.4, 0.5) is 0 Å². The Morgan fingerprint density at radius 1 is 1.04 bits per heavy atom. The van der Waals surface area contributed by atoms with E-state index in [1.807, 2.05) is 19.4 Å². The van der Waals surface area contributed by atoms with Gasteiger partial charge in [0.15, 0.2) is 0 Å². The molecule has 0 aromatic carbocycles. The first-order valence-electron chi connectivity index (χ1n) is 12.2. The maximum absolute atomic E-state index is 5.98. The van der Waals surface area contributed by atoms with Crippen LogP contribution < -0.4 is 0 Å². The van der Waals surface area contributed by atoms with Crippen molar-refractivity contribution in [1.82, 2.24) is 0 Å². The van der Waals surface area contributed by atoms with Crippen LogP contribution >= 0.6 is 0 Å². The van der Waals surface area contributed by atoms with Gasteiger partial charge in [-0.2, -0.15) is 0 Å². The highest BCUT2D eigenvalue weighted by molar-refractivity contribution is 5.43. The lowest BCUT2D eigenvalue weighted by atomic mass is 9.47. The first kappa shape index (κ1) is 20.3. The smallest absolute Gasteiger partial charge is 0.0962 e. The lowest BCUT2D eigenvalue weighted by molar-refractivity contribution is -0.0159. The standard InChI is InChI=1S/C25H36O.C2H6/c1-5-26-18-10-12-25(4)22-11-13-24(3)16(2)6-9-21(24)20(22)15-19(17-7-8-17)23(25)14-18;1-2/h6,14,17,20-22H,5,7-13,15H2,1-4H3;1-2H3. The molecule has 5 atom stereocenters. The van der Waals surface area contributed by atoms with Gasteiger partial charge in [0, 0.05) is 6.42 Å². The number of hydrogen-bond donors (Lipinski definition) is 0. The van der Waals surface area contributed by atoms with Gasteiger partial charge in [0.2, 0.25) is 0 Å². The van der Waals surface area contributed by atoms with Gasteiger partial charge in [-0.05, 0) is 105 Å². The molecule has 5 aliphatic carbocycles. The average molecular weight is 383 g/mol. The lowest BCUT2D eigenvalue weighted by Gasteiger charge is -2.58. The number of hydrogen-bond acceptors (Lipinski definition) is 1. The van der Waals surface area contributed by atoms with Crippen LogP contribution in [0.3, 0.4) is 0 Å². The molecule has 0 radical (unpaired) electrons. The number of fused-ring (bicyclic) bond motifs is 5. The zero-order chi connectivity index (χ0) is 20.1. The van der Waals surface area contributed by atoms with E-state index in [4.69, 9.17) is 4.74 Å². The summed E-state index contributed by atoms with van der Waals surface area (Å²) < 4.78 is 5.98. The predicted octanol–water partition coefficient (Wildman–Crippen LogP) is 7.84. The molecular formula is C27H42O. The molecule has 5 unspecified atom stereocenters. The topological polar surface area (TPSA) is 9.23 Å². The van der Waals surface area contributed by atoms with E-state index < -0.39 is 0 Å². The average Bonchev–Trinajstić information content (AvgIpc) is 3.49. The minimum atomic E-state index is 0.402. The van der Waals surface area contributed by atoms with Crippen molar-refractivity contribution in [2.24, 2.45) is 34.5 Å². The number of rotatable bonds is 3. The summed E-state index contributed by atoms with van der Waals surface area (Å²) in [6, 6.07) is 0. The van der Waals surface area contributed by atoms with Crippen LogP contribution in [-0.2, 0) is 4.74 Å². The monoisotopic (exact) mass is 382 g/mol. The molecule has 0 bridgehead atoms. The van der Waals surface area contributed by atoms with Crippen molar-refractivity contribution in [2.75, 3.05) is 6.61 Å². The molecule has 0 aromatic rings. The minimum absolute atomic E-state index is 0.402. The fraction of sp³-hybridized carbons (Fsp3) is 0.778. The third-order valence-electron chi connectivity index (χ3n) is 9.24. The summed E-state index contributed by atoms with van der Waals surface area (Å²) in [6.07, 6.45) is 16.0. The van der Waals surface area contributed by atoms with Crippen LogP contribution in [0, 0.1) is 34.5 Å². The van der Waals surface area contributed by atoms with Crippen molar-refractivity contribution in [1.29, 1.82) is 0 Å². The van der Waals surface area contributed by atoms with Gasteiger partial charge in [-0.1, -0.05) is 44.9 Å². The number of ether oxygens (including phenoxy) is 1. The molecule has 0 saturated heterocycles. The second kappa shape index (κ2) is 7.37. The predicted molar refractivity (Wildman–Crippen MR) is 119 cm³/mol. The molecular weight excluding hydrogens is 340 g/mol. The van der Waals surface area contributed by atoms with Crippen LogP contribution in [0.25, 0.3) is 0 Å². The van der Waals surface area contributed by atoms with Crippen LogP contribution in [0.1, 0.15) is 92.9 Å². The molecule has 28 heavy (non-hydrogen) atoms. The second-order valence-corrected chi connectivity index (χ2v) is 10.3. The van der Waals surface area contributed by atoms with E-state index in [9.17, 15) is 0 Å². The van der Waals surface area contributed by atoms with E-state index in [-0.39, 0.29) is 0 Å². The SMILES string of the molecule is CC.CCOC1=CC2=C(C3CC3)CC3C4CC=C(C)C4(C)CCC3C2(C)CC1. The van der Waals surface area contributed by atoms with Gasteiger partial charge in [0.1, 0.15) is 0 Å². The van der Waals surface area contributed by atoms with Gasteiger partial charge in [0.05, 0.1) is 12.4 Å². The van der Waals surface area contributed by atoms with Crippen molar-refractivity contribution in [3.05, 3.63) is 34.6 Å². The van der Waals surface area contributed by atoms with E-state index in [1.165, 1.54) is 50.7 Å². The van der Waals surface area contributed by atoms with Gasteiger partial charge in [-0.15, -0.1) is 0 Å². The van der Waals surface area contributed by atoms with Crippen LogP contribution in [-0.4, -0.2) is 6.61 Å². The highest BCUT2D eigenvalue weighted by Gasteiger charge is 2.57. The Morgan fingerprint density at radius 3 is 2.46 bits per heavy atom. The molecule has 156 valence electrons. The molecule has 0 N–H and O–H groups in total. The van der Waals surface area contributed by atoms with Crippen LogP contribution in [0.5, 0.6) is 0 Å². The van der Waals surface area contributed by atoms with Crippen LogP contribution in [0.15, 0.2) is 34.6 Å². The maximum atomic E-state index is 5.98. The van der Waals surface area contributed by atoms with Crippen molar-refractivity contribution in [3.8, 4) is 0 Å². The van der Waals surface area contributed by atoms with E-state index in [1.54, 1.807) is 11.1 Å². The van der Waals surface area contributed by atoms with Gasteiger partial charge < -0.3 is 4.74 Å². The molecule has 1 nitrogen and oxygen atoms in total. The minimum Gasteiger partial charge on any atom is -0.498 e. The van der Waals surface area contributed by atoms with E-state index in [0.717, 1.165) is 36.7 Å². The summed E-state index contributed by atoms with van der Waals surface area (Å²) in [7, 11) is 0. The molecule has 0 heterocycles. The molecule has 5 rings (SSSR count). The molecule has 1 heteroatoms. The Balaban J connectivity index is 0.000000932. The van der Waals surface area contributed by atoms with Crippen molar-refractivity contribution in [2.45, 2.75) is 92.9 Å². The molecule has 0 aliphatic heterocycles. The Morgan fingerprint density at radius 2 is 1.79 bits per heavy atom. The highest BCUT2D eigenvalue weighted by atomic mass is 16.5. The van der Waals surface area contributed by atoms with Gasteiger partial charge in [0.25, 0.3) is 0 Å².